The molecule has 1 N–H and O–H groups in total. The van der Waals surface area contributed by atoms with E-state index in [2.05, 4.69) is 9.71 Å². The highest BCUT2D eigenvalue weighted by atomic mass is 32.2. The van der Waals surface area contributed by atoms with Gasteiger partial charge in [0.1, 0.15) is 0 Å². The van der Waals surface area contributed by atoms with Gasteiger partial charge in [0.25, 0.3) is 10.0 Å². The average Bonchev–Trinajstić information content (AvgIpc) is 2.99. The van der Waals surface area contributed by atoms with Gasteiger partial charge in [-0.05, 0) is 30.5 Å². The molecule has 124 valence electrons. The Hall–Kier alpha value is -2.25. The summed E-state index contributed by atoms with van der Waals surface area (Å²) >= 11 is 1.59. The second kappa shape index (κ2) is 6.70. The highest BCUT2D eigenvalue weighted by Gasteiger charge is 2.26. The molecule has 3 aromatic rings. The summed E-state index contributed by atoms with van der Waals surface area (Å²) in [5.74, 6) is 0.535. The maximum Gasteiger partial charge on any atom is 0.283 e. The third-order valence-electron chi connectivity index (χ3n) is 3.34. The molecule has 0 radical (unpaired) electrons. The van der Waals surface area contributed by atoms with Crippen LogP contribution >= 0.6 is 11.8 Å². The Balaban J connectivity index is 1.98. The lowest BCUT2D eigenvalue weighted by molar-refractivity contribution is 0.533. The van der Waals surface area contributed by atoms with Crippen molar-refractivity contribution in [2.24, 2.45) is 0 Å². The molecule has 3 rings (SSSR count). The number of benzene rings is 2. The number of nitrogens with one attached hydrogen (secondary N) is 1. The number of hydrogen-bond donors (Lipinski definition) is 1. The molecule has 0 atom stereocenters. The first-order valence-electron chi connectivity index (χ1n) is 7.19. The Morgan fingerprint density at radius 3 is 2.33 bits per heavy atom. The fourth-order valence-corrected chi connectivity index (χ4v) is 3.83. The minimum atomic E-state index is -3.85. The molecule has 0 aliphatic rings. The monoisotopic (exact) mass is 360 g/mol. The van der Waals surface area contributed by atoms with E-state index in [0.29, 0.717) is 17.1 Å². The van der Waals surface area contributed by atoms with Crippen LogP contribution in [0.15, 0.2) is 68.9 Å². The second-order valence-corrected chi connectivity index (χ2v) is 7.54. The van der Waals surface area contributed by atoms with E-state index in [1.165, 1.54) is 0 Å². The summed E-state index contributed by atoms with van der Waals surface area (Å²) in [5.41, 5.74) is 1.14. The lowest BCUT2D eigenvalue weighted by Crippen LogP contribution is -2.14. The first-order valence-corrected chi connectivity index (χ1v) is 9.90. The summed E-state index contributed by atoms with van der Waals surface area (Å²) in [4.78, 5) is 5.12. The van der Waals surface area contributed by atoms with E-state index >= 15 is 0 Å². The van der Waals surface area contributed by atoms with Gasteiger partial charge in [0.05, 0.1) is 0 Å². The highest BCUT2D eigenvalue weighted by Crippen LogP contribution is 2.29. The van der Waals surface area contributed by atoms with Crippen LogP contribution in [-0.2, 0) is 10.0 Å². The van der Waals surface area contributed by atoms with E-state index in [0.717, 1.165) is 4.90 Å². The third-order valence-corrected chi connectivity index (χ3v) is 5.37. The van der Waals surface area contributed by atoms with Gasteiger partial charge in [-0.25, -0.2) is 0 Å². The summed E-state index contributed by atoms with van der Waals surface area (Å²) in [6, 6.07) is 16.2. The molecule has 0 aliphatic heterocycles. The number of rotatable bonds is 5. The van der Waals surface area contributed by atoms with Crippen molar-refractivity contribution in [2.75, 3.05) is 11.0 Å². The van der Waals surface area contributed by atoms with E-state index in [1.807, 2.05) is 36.6 Å². The van der Waals surface area contributed by atoms with Crippen LogP contribution < -0.4 is 4.72 Å². The van der Waals surface area contributed by atoms with Crippen LogP contribution in [-0.4, -0.2) is 19.7 Å². The van der Waals surface area contributed by atoms with E-state index in [9.17, 15) is 8.42 Å². The van der Waals surface area contributed by atoms with Gasteiger partial charge < -0.3 is 4.42 Å². The van der Waals surface area contributed by atoms with Gasteiger partial charge >= 0.3 is 0 Å². The second-order valence-electron chi connectivity index (χ2n) is 5.07. The van der Waals surface area contributed by atoms with Gasteiger partial charge in [-0.2, -0.15) is 13.4 Å². The van der Waals surface area contributed by atoms with Crippen molar-refractivity contribution < 1.29 is 12.8 Å². The molecule has 0 bridgehead atoms. The summed E-state index contributed by atoms with van der Waals surface area (Å²) < 4.78 is 33.5. The van der Waals surface area contributed by atoms with Gasteiger partial charge in [0.15, 0.2) is 11.7 Å². The third kappa shape index (κ3) is 3.47. The maximum atomic E-state index is 12.7. The normalized spacial score (nSPS) is 11.4. The van der Waals surface area contributed by atoms with E-state index in [4.69, 9.17) is 4.42 Å². The summed E-state index contributed by atoms with van der Waals surface area (Å²) in [6.45, 7) is 1.62. The summed E-state index contributed by atoms with van der Waals surface area (Å²) in [7, 11) is -3.85. The standard InChI is InChI=1S/C17H16N2O3S2/c1-12-18-17(16(22-12)13-6-4-3-5-7-13)24(20,21)19-14-8-10-15(23-2)11-9-14/h3-11,19H,1-2H3. The minimum absolute atomic E-state index is 0.111. The molecule has 0 unspecified atom stereocenters. The molecular weight excluding hydrogens is 344 g/mol. The fraction of sp³-hybridized carbons (Fsp3) is 0.118. The number of oxazole rings is 1. The maximum absolute atomic E-state index is 12.7. The number of nitrogens with zero attached hydrogens (tertiary/aromatic N) is 1. The van der Waals surface area contributed by atoms with E-state index in [-0.39, 0.29) is 10.8 Å². The number of aromatic nitrogens is 1. The Labute approximate surface area is 145 Å². The number of anilines is 1. The lowest BCUT2D eigenvalue weighted by atomic mass is 10.2. The molecule has 1 heterocycles. The Morgan fingerprint density at radius 2 is 1.71 bits per heavy atom. The molecule has 5 nitrogen and oxygen atoms in total. The minimum Gasteiger partial charge on any atom is -0.440 e. The van der Waals surface area contributed by atoms with Crippen LogP contribution in [0.3, 0.4) is 0 Å². The predicted octanol–water partition coefficient (Wildman–Crippen LogP) is 4.17. The summed E-state index contributed by atoms with van der Waals surface area (Å²) in [5, 5.41) is -0.111. The summed E-state index contributed by atoms with van der Waals surface area (Å²) in [6.07, 6.45) is 1.96. The lowest BCUT2D eigenvalue weighted by Gasteiger charge is -2.07. The largest absolute Gasteiger partial charge is 0.440 e. The molecule has 1 aromatic heterocycles. The van der Waals surface area contributed by atoms with Gasteiger partial charge in [0.2, 0.25) is 5.03 Å². The quantitative estimate of drug-likeness (QED) is 0.691. The van der Waals surface area contributed by atoms with Crippen molar-refractivity contribution in [3.63, 3.8) is 0 Å². The molecule has 0 saturated heterocycles. The average molecular weight is 360 g/mol. The van der Waals surface area contributed by atoms with Crippen molar-refractivity contribution in [1.82, 2.24) is 4.98 Å². The first kappa shape index (κ1) is 16.6. The number of thioether (sulfide) groups is 1. The first-order chi connectivity index (χ1) is 11.5. The van der Waals surface area contributed by atoms with Crippen LogP contribution in [0, 0.1) is 6.92 Å². The van der Waals surface area contributed by atoms with Gasteiger partial charge in [-0.3, -0.25) is 4.72 Å². The van der Waals surface area contributed by atoms with Crippen LogP contribution in [0.4, 0.5) is 5.69 Å². The molecule has 0 fully saturated rings. The Morgan fingerprint density at radius 1 is 1.04 bits per heavy atom. The van der Waals surface area contributed by atoms with Crippen molar-refractivity contribution >= 4 is 27.5 Å². The van der Waals surface area contributed by atoms with Crippen LogP contribution in [0.1, 0.15) is 5.89 Å². The molecule has 0 aliphatic carbocycles. The molecule has 24 heavy (non-hydrogen) atoms. The molecule has 0 amide bonds. The van der Waals surface area contributed by atoms with Gasteiger partial charge in [-0.1, -0.05) is 30.3 Å². The zero-order valence-electron chi connectivity index (χ0n) is 13.2. The molecule has 7 heteroatoms. The number of hydrogen-bond acceptors (Lipinski definition) is 5. The molecule has 0 spiro atoms. The Bertz CT molecular complexity index is 934. The van der Waals surface area contributed by atoms with Crippen molar-refractivity contribution in [2.45, 2.75) is 16.8 Å². The van der Waals surface area contributed by atoms with Crippen LogP contribution in [0.2, 0.25) is 0 Å². The van der Waals surface area contributed by atoms with Crippen molar-refractivity contribution in [3.8, 4) is 11.3 Å². The van der Waals surface area contributed by atoms with Crippen molar-refractivity contribution in [3.05, 3.63) is 60.5 Å². The zero-order chi connectivity index (χ0) is 17.2. The topological polar surface area (TPSA) is 72.2 Å². The van der Waals surface area contributed by atoms with E-state index in [1.54, 1.807) is 43.0 Å². The molecule has 2 aromatic carbocycles. The van der Waals surface area contributed by atoms with Crippen LogP contribution in [0.25, 0.3) is 11.3 Å². The Kier molecular flexibility index (Phi) is 4.64. The SMILES string of the molecule is CSc1ccc(NS(=O)(=O)c2nc(C)oc2-c2ccccc2)cc1. The van der Waals surface area contributed by atoms with Crippen molar-refractivity contribution in [1.29, 1.82) is 0 Å². The smallest absolute Gasteiger partial charge is 0.283 e. The van der Waals surface area contributed by atoms with Crippen LogP contribution in [0.5, 0.6) is 0 Å². The molecular formula is C17H16N2O3S2. The van der Waals surface area contributed by atoms with E-state index < -0.39 is 10.0 Å². The fourth-order valence-electron chi connectivity index (χ4n) is 2.22. The number of sulfonamides is 1. The molecule has 0 saturated carbocycles. The highest BCUT2D eigenvalue weighted by molar-refractivity contribution is 7.98. The van der Waals surface area contributed by atoms with Gasteiger partial charge in [-0.15, -0.1) is 11.8 Å². The van der Waals surface area contributed by atoms with Gasteiger partial charge in [0, 0.05) is 23.1 Å². The zero-order valence-corrected chi connectivity index (χ0v) is 14.8. The predicted molar refractivity (Wildman–Crippen MR) is 95.7 cm³/mol. The number of aryl methyl sites for hydroxylation is 1.